The fourth-order valence-corrected chi connectivity index (χ4v) is 4.36. The number of benzene rings is 2. The molecular formula is C25H32ClN3O2. The number of hydrogen-bond donors (Lipinski definition) is 0. The van der Waals surface area contributed by atoms with Gasteiger partial charge in [0, 0.05) is 50.4 Å². The van der Waals surface area contributed by atoms with Crippen molar-refractivity contribution in [3.63, 3.8) is 0 Å². The maximum Gasteiger partial charge on any atom is 0.139 e. The fourth-order valence-electron chi connectivity index (χ4n) is 4.17. The molecule has 1 unspecified atom stereocenters. The quantitative estimate of drug-likeness (QED) is 0.504. The number of rotatable bonds is 8. The lowest BCUT2D eigenvalue weighted by atomic mass is 9.96. The molecule has 1 atom stereocenters. The van der Waals surface area contributed by atoms with Crippen LogP contribution in [0.15, 0.2) is 30.3 Å². The first-order valence-corrected chi connectivity index (χ1v) is 11.3. The van der Waals surface area contributed by atoms with E-state index in [9.17, 15) is 0 Å². The molecule has 1 aliphatic rings. The Hall–Kier alpha value is -2.42. The van der Waals surface area contributed by atoms with Crippen molar-refractivity contribution in [1.29, 1.82) is 5.26 Å². The van der Waals surface area contributed by atoms with Gasteiger partial charge in [0.2, 0.25) is 0 Å². The highest BCUT2D eigenvalue weighted by atomic mass is 35.5. The zero-order valence-corrected chi connectivity index (χ0v) is 19.7. The van der Waals surface area contributed by atoms with E-state index in [0.29, 0.717) is 24.1 Å². The van der Waals surface area contributed by atoms with Crippen molar-refractivity contribution in [2.75, 3.05) is 44.8 Å². The molecule has 0 N–H and O–H groups in total. The zero-order chi connectivity index (χ0) is 22.4. The SMILES string of the molecule is COc1cc(N2CCN(C(C)c3ccc(OCCCC#N)c(C)c3C)CC2)ccc1Cl. The monoisotopic (exact) mass is 441 g/mol. The van der Waals surface area contributed by atoms with Crippen molar-refractivity contribution in [2.45, 2.75) is 39.7 Å². The lowest BCUT2D eigenvalue weighted by molar-refractivity contribution is 0.198. The Morgan fingerprint density at radius 2 is 1.81 bits per heavy atom. The summed E-state index contributed by atoms with van der Waals surface area (Å²) < 4.78 is 11.3. The maximum absolute atomic E-state index is 8.67. The van der Waals surface area contributed by atoms with E-state index >= 15 is 0 Å². The second-order valence-corrected chi connectivity index (χ2v) is 8.44. The summed E-state index contributed by atoms with van der Waals surface area (Å²) in [5.74, 6) is 1.64. The van der Waals surface area contributed by atoms with Gasteiger partial charge in [-0.05, 0) is 62.1 Å². The van der Waals surface area contributed by atoms with E-state index in [-0.39, 0.29) is 0 Å². The Morgan fingerprint density at radius 3 is 2.48 bits per heavy atom. The topological polar surface area (TPSA) is 48.7 Å². The normalized spacial score (nSPS) is 15.4. The Labute approximate surface area is 191 Å². The summed E-state index contributed by atoms with van der Waals surface area (Å²) in [5, 5.41) is 9.32. The van der Waals surface area contributed by atoms with Crippen LogP contribution >= 0.6 is 11.6 Å². The second-order valence-electron chi connectivity index (χ2n) is 8.03. The van der Waals surface area contributed by atoms with Crippen LogP contribution in [0.5, 0.6) is 11.5 Å². The summed E-state index contributed by atoms with van der Waals surface area (Å²) in [4.78, 5) is 4.93. The molecule has 1 aliphatic heterocycles. The lowest BCUT2D eigenvalue weighted by Crippen LogP contribution is -2.47. The average molecular weight is 442 g/mol. The fraction of sp³-hybridized carbons (Fsp3) is 0.480. The molecule has 166 valence electrons. The average Bonchev–Trinajstić information content (AvgIpc) is 2.79. The molecule has 0 amide bonds. The summed E-state index contributed by atoms with van der Waals surface area (Å²) in [6.45, 7) is 11.1. The van der Waals surface area contributed by atoms with Crippen molar-refractivity contribution in [3.8, 4) is 17.6 Å². The van der Waals surface area contributed by atoms with Gasteiger partial charge in [-0.15, -0.1) is 0 Å². The largest absolute Gasteiger partial charge is 0.495 e. The number of piperazine rings is 1. The number of methoxy groups -OCH3 is 1. The number of halogens is 1. The summed E-state index contributed by atoms with van der Waals surface area (Å²) in [6, 6.07) is 12.8. The Balaban J connectivity index is 1.63. The highest BCUT2D eigenvalue weighted by Crippen LogP contribution is 2.33. The van der Waals surface area contributed by atoms with Crippen molar-refractivity contribution in [2.24, 2.45) is 0 Å². The smallest absolute Gasteiger partial charge is 0.139 e. The van der Waals surface area contributed by atoms with Crippen LogP contribution in [0.2, 0.25) is 5.02 Å². The first-order valence-electron chi connectivity index (χ1n) is 10.9. The van der Waals surface area contributed by atoms with Crippen LogP contribution in [0.25, 0.3) is 0 Å². The van der Waals surface area contributed by atoms with Crippen LogP contribution in [0.3, 0.4) is 0 Å². The number of unbranched alkanes of at least 4 members (excludes halogenated alkanes) is 1. The Morgan fingerprint density at radius 1 is 1.06 bits per heavy atom. The van der Waals surface area contributed by atoms with Crippen LogP contribution in [-0.2, 0) is 0 Å². The molecule has 0 aliphatic carbocycles. The van der Waals surface area contributed by atoms with Gasteiger partial charge in [0.15, 0.2) is 0 Å². The van der Waals surface area contributed by atoms with Gasteiger partial charge >= 0.3 is 0 Å². The molecule has 31 heavy (non-hydrogen) atoms. The van der Waals surface area contributed by atoms with Gasteiger partial charge in [-0.3, -0.25) is 4.90 Å². The molecule has 1 fully saturated rings. The molecule has 6 heteroatoms. The number of nitrogens with zero attached hydrogens (tertiary/aromatic N) is 3. The standard InChI is InChI=1S/C25H32ClN3O2/c1-18-19(2)24(31-16-6-5-11-27)10-8-22(18)20(3)28-12-14-29(15-13-28)21-7-9-23(26)25(17-21)30-4/h7-10,17,20H,5-6,12-16H2,1-4H3. The highest BCUT2D eigenvalue weighted by Gasteiger charge is 2.24. The van der Waals surface area contributed by atoms with E-state index in [2.05, 4.69) is 54.8 Å². The first-order chi connectivity index (χ1) is 15.0. The number of nitriles is 1. The van der Waals surface area contributed by atoms with Crippen LogP contribution in [0.4, 0.5) is 5.69 Å². The van der Waals surface area contributed by atoms with Gasteiger partial charge < -0.3 is 14.4 Å². The van der Waals surface area contributed by atoms with Crippen LogP contribution < -0.4 is 14.4 Å². The van der Waals surface area contributed by atoms with E-state index in [1.165, 1.54) is 16.7 Å². The maximum atomic E-state index is 8.67. The molecule has 0 radical (unpaired) electrons. The molecule has 0 aromatic heterocycles. The molecule has 5 nitrogen and oxygen atoms in total. The van der Waals surface area contributed by atoms with Crippen molar-refractivity contribution in [1.82, 2.24) is 4.90 Å². The summed E-state index contributed by atoms with van der Waals surface area (Å²) >= 11 is 6.18. The third-order valence-electron chi connectivity index (χ3n) is 6.28. The minimum Gasteiger partial charge on any atom is -0.495 e. The molecule has 2 aromatic rings. The Bertz CT molecular complexity index is 933. The molecule has 1 saturated heterocycles. The van der Waals surface area contributed by atoms with Gasteiger partial charge in [-0.1, -0.05) is 17.7 Å². The third-order valence-corrected chi connectivity index (χ3v) is 6.59. The minimum absolute atomic E-state index is 0.341. The molecule has 0 bridgehead atoms. The number of anilines is 1. The van der Waals surface area contributed by atoms with E-state index in [1.54, 1.807) is 7.11 Å². The highest BCUT2D eigenvalue weighted by molar-refractivity contribution is 6.32. The van der Waals surface area contributed by atoms with Crippen molar-refractivity contribution >= 4 is 17.3 Å². The number of ether oxygens (including phenoxy) is 2. The first kappa shape index (κ1) is 23.2. The summed E-state index contributed by atoms with van der Waals surface area (Å²) in [5.41, 5.74) is 4.98. The number of hydrogen-bond acceptors (Lipinski definition) is 5. The van der Waals surface area contributed by atoms with Crippen LogP contribution in [-0.4, -0.2) is 44.8 Å². The Kier molecular flexibility index (Phi) is 8.06. The van der Waals surface area contributed by atoms with Crippen LogP contribution in [0.1, 0.15) is 42.5 Å². The van der Waals surface area contributed by atoms with Gasteiger partial charge in [-0.25, -0.2) is 0 Å². The summed E-state index contributed by atoms with van der Waals surface area (Å²) in [6.07, 6.45) is 1.29. The van der Waals surface area contributed by atoms with E-state index in [0.717, 1.165) is 49.8 Å². The lowest BCUT2D eigenvalue weighted by Gasteiger charge is -2.40. The molecule has 1 heterocycles. The van der Waals surface area contributed by atoms with Gasteiger partial charge in [-0.2, -0.15) is 5.26 Å². The van der Waals surface area contributed by atoms with E-state index in [4.69, 9.17) is 26.3 Å². The van der Waals surface area contributed by atoms with Crippen molar-refractivity contribution in [3.05, 3.63) is 52.0 Å². The third kappa shape index (κ3) is 5.44. The van der Waals surface area contributed by atoms with Crippen LogP contribution in [0, 0.1) is 25.2 Å². The predicted molar refractivity (Wildman–Crippen MR) is 126 cm³/mol. The molecule has 3 rings (SSSR count). The second kappa shape index (κ2) is 10.7. The zero-order valence-electron chi connectivity index (χ0n) is 18.9. The molecular weight excluding hydrogens is 410 g/mol. The predicted octanol–water partition coefficient (Wildman–Crippen LogP) is 5.53. The molecule has 2 aromatic carbocycles. The van der Waals surface area contributed by atoms with Gasteiger partial charge in [0.05, 0.1) is 24.8 Å². The van der Waals surface area contributed by atoms with Crippen molar-refractivity contribution < 1.29 is 9.47 Å². The molecule has 0 saturated carbocycles. The molecule has 0 spiro atoms. The van der Waals surface area contributed by atoms with Gasteiger partial charge in [0.25, 0.3) is 0 Å². The van der Waals surface area contributed by atoms with E-state index in [1.807, 2.05) is 12.1 Å². The van der Waals surface area contributed by atoms with E-state index < -0.39 is 0 Å². The summed E-state index contributed by atoms with van der Waals surface area (Å²) in [7, 11) is 1.65. The van der Waals surface area contributed by atoms with Gasteiger partial charge in [0.1, 0.15) is 11.5 Å². The minimum atomic E-state index is 0.341.